The van der Waals surface area contributed by atoms with E-state index >= 15 is 0 Å². The third-order valence-electron chi connectivity index (χ3n) is 4.68. The summed E-state index contributed by atoms with van der Waals surface area (Å²) < 4.78 is 21.7. The van der Waals surface area contributed by atoms with Crippen LogP contribution in [-0.2, 0) is 14.3 Å². The summed E-state index contributed by atoms with van der Waals surface area (Å²) >= 11 is 0. The molecule has 1 aromatic carbocycles. The average molecular weight is 411 g/mol. The lowest BCUT2D eigenvalue weighted by Crippen LogP contribution is -2.19. The number of allylic oxidation sites excluding steroid dienone is 7. The first-order valence-electron chi connectivity index (χ1n) is 9.08. The monoisotopic (exact) mass is 411 g/mol. The van der Waals surface area contributed by atoms with Crippen molar-refractivity contribution in [2.75, 3.05) is 28.4 Å². The minimum atomic E-state index is -0.688. The molecule has 158 valence electrons. The maximum atomic E-state index is 12.3. The van der Waals surface area contributed by atoms with Gasteiger partial charge in [-0.1, -0.05) is 24.3 Å². The summed E-state index contributed by atoms with van der Waals surface area (Å²) in [5.74, 6) is 2.37. The molecule has 0 heterocycles. The van der Waals surface area contributed by atoms with Crippen LogP contribution < -0.4 is 19.9 Å². The summed E-state index contributed by atoms with van der Waals surface area (Å²) in [7, 11) is 5.99. The number of rotatable bonds is 8. The molecule has 1 unspecified atom stereocenters. The Hall–Kier alpha value is -3.70. The van der Waals surface area contributed by atoms with Crippen molar-refractivity contribution in [3.63, 3.8) is 0 Å². The molecule has 1 amide bonds. The molecule has 0 saturated heterocycles. The zero-order chi connectivity index (χ0) is 22.3. The van der Waals surface area contributed by atoms with Gasteiger partial charge in [0.2, 0.25) is 5.75 Å². The Labute approximate surface area is 175 Å². The number of carbonyl (C=O) groups is 1. The van der Waals surface area contributed by atoms with Gasteiger partial charge in [-0.2, -0.15) is 0 Å². The molecule has 1 aliphatic carbocycles. The van der Waals surface area contributed by atoms with E-state index in [0.717, 1.165) is 0 Å². The summed E-state index contributed by atoms with van der Waals surface area (Å²) in [5.41, 5.74) is 7.48. The second-order valence-corrected chi connectivity index (χ2v) is 6.34. The number of ether oxygens (including phenoxy) is 4. The number of hydrogen-bond acceptors (Lipinski definition) is 6. The Morgan fingerprint density at radius 3 is 2.17 bits per heavy atom. The molecule has 0 radical (unpaired) electrons. The highest BCUT2D eigenvalue weighted by Gasteiger charge is 2.22. The van der Waals surface area contributed by atoms with Crippen molar-refractivity contribution in [1.29, 1.82) is 0 Å². The highest BCUT2D eigenvalue weighted by Crippen LogP contribution is 2.41. The van der Waals surface area contributed by atoms with Crippen LogP contribution in [0.15, 0.2) is 59.4 Å². The molecule has 1 aromatic rings. The molecule has 2 rings (SSSR count). The first-order valence-corrected chi connectivity index (χ1v) is 9.08. The van der Waals surface area contributed by atoms with Gasteiger partial charge in [0.25, 0.3) is 5.91 Å². The highest BCUT2D eigenvalue weighted by atomic mass is 16.5. The molecule has 0 aliphatic heterocycles. The van der Waals surface area contributed by atoms with Gasteiger partial charge in [-0.3, -0.25) is 4.79 Å². The Kier molecular flexibility index (Phi) is 7.67. The van der Waals surface area contributed by atoms with Crippen LogP contribution in [0.4, 0.5) is 0 Å². The lowest BCUT2D eigenvalue weighted by Gasteiger charge is -2.18. The van der Waals surface area contributed by atoms with Crippen molar-refractivity contribution in [3.8, 4) is 17.2 Å². The van der Waals surface area contributed by atoms with E-state index in [9.17, 15) is 9.59 Å². The zero-order valence-corrected chi connectivity index (χ0v) is 17.6. The highest BCUT2D eigenvalue weighted by molar-refractivity contribution is 5.98. The standard InChI is InChI=1S/C23H25NO6/c1-14(17-11-19(27-2)22(30-5)20(12-17)28-3)21(29-4)18(23(24)26)10-15-8-6-7-9-16(15)13-25/h6-12,15H,1-5H3,(H2,24,26)/b18-10+,21-14+. The predicted molar refractivity (Wildman–Crippen MR) is 114 cm³/mol. The molecular formula is C23H25NO6. The first kappa shape index (κ1) is 22.6. The lowest BCUT2D eigenvalue weighted by atomic mass is 9.91. The van der Waals surface area contributed by atoms with Crippen molar-refractivity contribution in [2.24, 2.45) is 11.7 Å². The van der Waals surface area contributed by atoms with Crippen molar-refractivity contribution in [1.82, 2.24) is 0 Å². The molecule has 2 N–H and O–H groups in total. The molecule has 7 nitrogen and oxygen atoms in total. The number of hydrogen-bond donors (Lipinski definition) is 1. The number of methoxy groups -OCH3 is 4. The van der Waals surface area contributed by atoms with E-state index in [1.807, 2.05) is 5.94 Å². The van der Waals surface area contributed by atoms with E-state index in [1.54, 1.807) is 49.4 Å². The van der Waals surface area contributed by atoms with Crippen molar-refractivity contribution in [2.45, 2.75) is 6.92 Å². The summed E-state index contributed by atoms with van der Waals surface area (Å²) in [6, 6.07) is 3.49. The van der Waals surface area contributed by atoms with E-state index in [0.29, 0.717) is 34.0 Å². The Morgan fingerprint density at radius 2 is 1.70 bits per heavy atom. The van der Waals surface area contributed by atoms with Crippen molar-refractivity contribution >= 4 is 17.4 Å². The molecule has 0 aromatic heterocycles. The molecule has 1 atom stereocenters. The van der Waals surface area contributed by atoms with Crippen LogP contribution in [0.1, 0.15) is 12.5 Å². The third-order valence-corrected chi connectivity index (χ3v) is 4.68. The van der Waals surface area contributed by atoms with Gasteiger partial charge in [0.15, 0.2) is 11.5 Å². The number of carbonyl (C=O) groups excluding carboxylic acids is 2. The molecular weight excluding hydrogens is 386 g/mol. The Balaban J connectivity index is 2.68. The SMILES string of the molecule is COC(/C(=C\C1C=CC=CC1=C=O)C(N)=O)=C(\C)c1cc(OC)c(OC)c(OC)c1. The van der Waals surface area contributed by atoms with Crippen LogP contribution in [0.25, 0.3) is 5.57 Å². The van der Waals surface area contributed by atoms with Gasteiger partial charge >= 0.3 is 0 Å². The quantitative estimate of drug-likeness (QED) is 0.306. The average Bonchev–Trinajstić information content (AvgIpc) is 2.77. The smallest absolute Gasteiger partial charge is 0.252 e. The molecule has 0 spiro atoms. The van der Waals surface area contributed by atoms with Gasteiger partial charge in [-0.25, -0.2) is 4.79 Å². The lowest BCUT2D eigenvalue weighted by molar-refractivity contribution is -0.114. The van der Waals surface area contributed by atoms with Crippen molar-refractivity contribution in [3.05, 3.63) is 65.0 Å². The fourth-order valence-electron chi connectivity index (χ4n) is 3.15. The summed E-state index contributed by atoms with van der Waals surface area (Å²) in [5, 5.41) is 0. The van der Waals surface area contributed by atoms with Gasteiger partial charge in [0.1, 0.15) is 11.7 Å². The molecule has 0 bridgehead atoms. The Morgan fingerprint density at radius 1 is 1.07 bits per heavy atom. The van der Waals surface area contributed by atoms with E-state index in [-0.39, 0.29) is 11.3 Å². The number of amides is 1. The van der Waals surface area contributed by atoms with Gasteiger partial charge in [0, 0.05) is 11.5 Å². The molecule has 0 saturated carbocycles. The third kappa shape index (κ3) is 4.64. The van der Waals surface area contributed by atoms with E-state index in [1.165, 1.54) is 28.4 Å². The summed E-state index contributed by atoms with van der Waals surface area (Å²) in [4.78, 5) is 23.5. The van der Waals surface area contributed by atoms with E-state index in [2.05, 4.69) is 0 Å². The molecule has 0 fully saturated rings. The summed E-state index contributed by atoms with van der Waals surface area (Å²) in [6.07, 6.45) is 8.49. The van der Waals surface area contributed by atoms with Gasteiger partial charge in [0.05, 0.1) is 34.0 Å². The maximum Gasteiger partial charge on any atom is 0.252 e. The van der Waals surface area contributed by atoms with Gasteiger partial charge < -0.3 is 24.7 Å². The number of primary amides is 1. The minimum Gasteiger partial charge on any atom is -0.496 e. The van der Waals surface area contributed by atoms with Crippen LogP contribution >= 0.6 is 0 Å². The number of benzene rings is 1. The fourth-order valence-corrected chi connectivity index (χ4v) is 3.15. The maximum absolute atomic E-state index is 12.3. The van der Waals surface area contributed by atoms with Gasteiger partial charge in [-0.05, 0) is 36.3 Å². The minimum absolute atomic E-state index is 0.140. The molecule has 1 aliphatic rings. The Bertz CT molecular complexity index is 968. The van der Waals surface area contributed by atoms with Gasteiger partial charge in [-0.15, -0.1) is 0 Å². The van der Waals surface area contributed by atoms with Crippen LogP contribution in [0.2, 0.25) is 0 Å². The fraction of sp³-hybridized carbons (Fsp3) is 0.261. The van der Waals surface area contributed by atoms with E-state index in [4.69, 9.17) is 24.7 Å². The summed E-state index contributed by atoms with van der Waals surface area (Å²) in [6.45, 7) is 1.78. The normalized spacial score (nSPS) is 16.5. The topological polar surface area (TPSA) is 97.1 Å². The van der Waals surface area contributed by atoms with Crippen LogP contribution in [0, 0.1) is 5.92 Å². The second kappa shape index (κ2) is 10.2. The van der Waals surface area contributed by atoms with Crippen LogP contribution in [-0.4, -0.2) is 40.3 Å². The zero-order valence-electron chi connectivity index (χ0n) is 17.6. The molecule has 7 heteroatoms. The van der Waals surface area contributed by atoms with E-state index < -0.39 is 11.8 Å². The van der Waals surface area contributed by atoms with Crippen LogP contribution in [0.3, 0.4) is 0 Å². The van der Waals surface area contributed by atoms with Crippen LogP contribution in [0.5, 0.6) is 17.2 Å². The number of nitrogens with two attached hydrogens (primary N) is 1. The predicted octanol–water partition coefficient (Wildman–Crippen LogP) is 3.00. The second-order valence-electron chi connectivity index (χ2n) is 6.34. The largest absolute Gasteiger partial charge is 0.496 e. The first-order chi connectivity index (χ1) is 14.4. The molecule has 30 heavy (non-hydrogen) atoms. The van der Waals surface area contributed by atoms with Crippen molar-refractivity contribution < 1.29 is 28.5 Å².